The van der Waals surface area contributed by atoms with E-state index in [4.69, 9.17) is 9.47 Å². The summed E-state index contributed by atoms with van der Waals surface area (Å²) in [6.45, 7) is 0.940. The molecule has 3 aromatic rings. The predicted octanol–water partition coefficient (Wildman–Crippen LogP) is 2.89. The number of nitrogens with zero attached hydrogens (tertiary/aromatic N) is 3. The molecule has 10 nitrogen and oxygen atoms in total. The van der Waals surface area contributed by atoms with Crippen LogP contribution in [0.4, 0.5) is 5.69 Å². The molecule has 1 N–H and O–H groups in total. The Bertz CT molecular complexity index is 1510. The van der Waals surface area contributed by atoms with E-state index in [1.165, 1.54) is 23.5 Å². The van der Waals surface area contributed by atoms with Crippen LogP contribution in [-0.2, 0) is 26.0 Å². The molecule has 0 radical (unpaired) electrons. The van der Waals surface area contributed by atoms with Gasteiger partial charge in [-0.3, -0.25) is 9.59 Å². The number of methoxy groups -OCH3 is 2. The van der Waals surface area contributed by atoms with E-state index in [1.807, 2.05) is 59.5 Å². The van der Waals surface area contributed by atoms with Crippen LogP contribution < -0.4 is 19.7 Å². The molecule has 0 aromatic heterocycles. The van der Waals surface area contributed by atoms with Gasteiger partial charge in [0.1, 0.15) is 23.6 Å². The van der Waals surface area contributed by atoms with Crippen molar-refractivity contribution in [1.82, 2.24) is 14.5 Å². The van der Waals surface area contributed by atoms with Crippen LogP contribution in [0.15, 0.2) is 83.8 Å². The molecule has 2 fully saturated rings. The van der Waals surface area contributed by atoms with Gasteiger partial charge in [0.2, 0.25) is 21.8 Å². The lowest BCUT2D eigenvalue weighted by atomic mass is 9.86. The van der Waals surface area contributed by atoms with Crippen LogP contribution in [-0.4, -0.2) is 82.0 Å². The Morgan fingerprint density at radius 1 is 0.905 bits per heavy atom. The van der Waals surface area contributed by atoms with Gasteiger partial charge < -0.3 is 24.6 Å². The molecule has 0 atom stereocenters. The van der Waals surface area contributed by atoms with Crippen LogP contribution in [0.2, 0.25) is 0 Å². The Labute approximate surface area is 246 Å². The number of nitrogens with one attached hydrogen (secondary N) is 1. The van der Waals surface area contributed by atoms with E-state index < -0.39 is 15.6 Å². The third kappa shape index (κ3) is 5.79. The van der Waals surface area contributed by atoms with Gasteiger partial charge in [-0.15, -0.1) is 0 Å². The summed E-state index contributed by atoms with van der Waals surface area (Å²) in [5, 5.41) is 2.93. The molecule has 0 unspecified atom stereocenters. The Balaban J connectivity index is 1.28. The van der Waals surface area contributed by atoms with Crippen molar-refractivity contribution < 1.29 is 27.5 Å². The van der Waals surface area contributed by atoms with E-state index in [0.717, 1.165) is 17.0 Å². The van der Waals surface area contributed by atoms with Crippen LogP contribution in [0.3, 0.4) is 0 Å². The molecular formula is C31H36N4O6S. The number of carbonyl (C=O) groups is 2. The number of hydrogen-bond donors (Lipinski definition) is 1. The third-order valence-electron chi connectivity index (χ3n) is 8.07. The number of hydrogen-bond acceptors (Lipinski definition) is 7. The first-order valence-electron chi connectivity index (χ1n) is 13.9. The standard InChI is InChI=1S/C31H36N4O6S/c1-40-26-12-14-27(15-13-26)42(38,39)34-20-17-31(18-21-34)30(37)33(23-35(31)25-9-4-3-5-10-25)22-29(36)32-19-16-24-8-6-7-11-28(24)41-2/h3-15H,16-23H2,1-2H3,(H,32,36). The number of amides is 2. The van der Waals surface area contributed by atoms with Crippen molar-refractivity contribution in [2.75, 3.05) is 52.0 Å². The highest BCUT2D eigenvalue weighted by Gasteiger charge is 2.55. The fraction of sp³-hybridized carbons (Fsp3) is 0.355. The summed E-state index contributed by atoms with van der Waals surface area (Å²) in [7, 11) is -0.600. The van der Waals surface area contributed by atoms with Crippen molar-refractivity contribution in [3.8, 4) is 11.5 Å². The van der Waals surface area contributed by atoms with Gasteiger partial charge in [-0.05, 0) is 67.3 Å². The average Bonchev–Trinajstić information content (AvgIpc) is 3.28. The summed E-state index contributed by atoms with van der Waals surface area (Å²) in [5.74, 6) is 0.934. The minimum Gasteiger partial charge on any atom is -0.497 e. The van der Waals surface area contributed by atoms with Crippen molar-refractivity contribution in [2.24, 2.45) is 0 Å². The quantitative estimate of drug-likeness (QED) is 0.386. The monoisotopic (exact) mass is 592 g/mol. The van der Waals surface area contributed by atoms with Crippen molar-refractivity contribution in [3.05, 3.63) is 84.4 Å². The van der Waals surface area contributed by atoms with Crippen LogP contribution in [0, 0.1) is 0 Å². The number of sulfonamides is 1. The first-order valence-corrected chi connectivity index (χ1v) is 15.4. The van der Waals surface area contributed by atoms with E-state index in [2.05, 4.69) is 5.32 Å². The molecule has 2 aliphatic rings. The Morgan fingerprint density at radius 3 is 2.24 bits per heavy atom. The zero-order chi connectivity index (χ0) is 29.7. The number of para-hydroxylation sites is 2. The van der Waals surface area contributed by atoms with Gasteiger partial charge in [0, 0.05) is 25.3 Å². The van der Waals surface area contributed by atoms with Crippen molar-refractivity contribution in [1.29, 1.82) is 0 Å². The maximum Gasteiger partial charge on any atom is 0.250 e. The summed E-state index contributed by atoms with van der Waals surface area (Å²) >= 11 is 0. The van der Waals surface area contributed by atoms with Gasteiger partial charge in [0.05, 0.1) is 25.8 Å². The first-order chi connectivity index (χ1) is 20.3. The molecule has 2 aliphatic heterocycles. The zero-order valence-electron chi connectivity index (χ0n) is 23.9. The summed E-state index contributed by atoms with van der Waals surface area (Å²) in [6.07, 6.45) is 1.21. The molecule has 3 aromatic carbocycles. The molecule has 1 spiro atoms. The van der Waals surface area contributed by atoms with Gasteiger partial charge >= 0.3 is 0 Å². The van der Waals surface area contributed by atoms with Gasteiger partial charge in [-0.25, -0.2) is 8.42 Å². The number of anilines is 1. The molecule has 0 saturated carbocycles. The summed E-state index contributed by atoms with van der Waals surface area (Å²) in [5.41, 5.74) is 0.907. The van der Waals surface area contributed by atoms with Gasteiger partial charge in [-0.2, -0.15) is 4.31 Å². The molecular weight excluding hydrogens is 556 g/mol. The Morgan fingerprint density at radius 2 is 1.57 bits per heavy atom. The second-order valence-corrected chi connectivity index (χ2v) is 12.4. The second kappa shape index (κ2) is 12.4. The van der Waals surface area contributed by atoms with Crippen molar-refractivity contribution >= 4 is 27.5 Å². The molecule has 11 heteroatoms. The number of ether oxygens (including phenoxy) is 2. The SMILES string of the molecule is COc1ccc(S(=O)(=O)N2CCC3(CC2)C(=O)N(CC(=O)NCCc2ccccc2OC)CN3c2ccccc2)cc1. The minimum absolute atomic E-state index is 0.0797. The molecule has 2 amide bonds. The van der Waals surface area contributed by atoms with E-state index in [1.54, 1.807) is 24.1 Å². The summed E-state index contributed by atoms with van der Waals surface area (Å²) in [4.78, 5) is 30.7. The highest BCUT2D eigenvalue weighted by molar-refractivity contribution is 7.89. The largest absolute Gasteiger partial charge is 0.497 e. The molecule has 0 bridgehead atoms. The number of benzene rings is 3. The maximum atomic E-state index is 14.0. The number of rotatable bonds is 10. The van der Waals surface area contributed by atoms with Gasteiger partial charge in [0.25, 0.3) is 0 Å². The molecule has 2 heterocycles. The van der Waals surface area contributed by atoms with Crippen LogP contribution in [0.5, 0.6) is 11.5 Å². The van der Waals surface area contributed by atoms with Crippen molar-refractivity contribution in [2.45, 2.75) is 29.7 Å². The van der Waals surface area contributed by atoms with Gasteiger partial charge in [0.15, 0.2) is 0 Å². The average molecular weight is 593 g/mol. The lowest BCUT2D eigenvalue weighted by Gasteiger charge is -2.42. The van der Waals surface area contributed by atoms with E-state index in [0.29, 0.717) is 31.6 Å². The van der Waals surface area contributed by atoms with E-state index >= 15 is 0 Å². The fourth-order valence-electron chi connectivity index (χ4n) is 5.79. The van der Waals surface area contributed by atoms with E-state index in [-0.39, 0.29) is 43.0 Å². The van der Waals surface area contributed by atoms with E-state index in [9.17, 15) is 18.0 Å². The molecule has 2 saturated heterocycles. The Kier molecular flexibility index (Phi) is 8.69. The second-order valence-electron chi connectivity index (χ2n) is 10.4. The third-order valence-corrected chi connectivity index (χ3v) is 9.99. The summed E-state index contributed by atoms with van der Waals surface area (Å²) in [6, 6.07) is 23.6. The molecule has 222 valence electrons. The Hall–Kier alpha value is -4.09. The summed E-state index contributed by atoms with van der Waals surface area (Å²) < 4.78 is 38.8. The van der Waals surface area contributed by atoms with Crippen molar-refractivity contribution in [3.63, 3.8) is 0 Å². The zero-order valence-corrected chi connectivity index (χ0v) is 24.7. The molecule has 5 rings (SSSR count). The van der Waals surface area contributed by atoms with Gasteiger partial charge in [-0.1, -0.05) is 36.4 Å². The fourth-order valence-corrected chi connectivity index (χ4v) is 7.23. The lowest BCUT2D eigenvalue weighted by Crippen LogP contribution is -2.57. The van der Waals surface area contributed by atoms with Crippen LogP contribution in [0.1, 0.15) is 18.4 Å². The maximum absolute atomic E-state index is 14.0. The molecule has 42 heavy (non-hydrogen) atoms. The normalized spacial score (nSPS) is 17.0. The predicted molar refractivity (Wildman–Crippen MR) is 159 cm³/mol. The number of piperidine rings is 1. The topological polar surface area (TPSA) is 108 Å². The smallest absolute Gasteiger partial charge is 0.250 e. The lowest BCUT2D eigenvalue weighted by molar-refractivity contribution is -0.137. The first kappa shape index (κ1) is 29.4. The minimum atomic E-state index is -3.74. The highest BCUT2D eigenvalue weighted by Crippen LogP contribution is 2.40. The molecule has 0 aliphatic carbocycles. The van der Waals surface area contributed by atoms with Crippen LogP contribution in [0.25, 0.3) is 0 Å². The van der Waals surface area contributed by atoms with Crippen LogP contribution >= 0.6 is 0 Å². The number of carbonyl (C=O) groups excluding carboxylic acids is 2. The highest BCUT2D eigenvalue weighted by atomic mass is 32.2.